The molecule has 7 heteroatoms. The molecule has 0 spiro atoms. The van der Waals surface area contributed by atoms with Gasteiger partial charge in [0.05, 0.1) is 23.2 Å². The predicted molar refractivity (Wildman–Crippen MR) is 105 cm³/mol. The Morgan fingerprint density at radius 2 is 1.69 bits per heavy atom. The zero-order valence-corrected chi connectivity index (χ0v) is 15.8. The summed E-state index contributed by atoms with van der Waals surface area (Å²) in [7, 11) is -1.28. The van der Waals surface area contributed by atoms with E-state index in [9.17, 15) is 8.42 Å². The first-order valence-corrected chi connectivity index (χ1v) is 10.3. The van der Waals surface area contributed by atoms with Gasteiger partial charge in [-0.05, 0) is 42.4 Å². The fourth-order valence-corrected chi connectivity index (χ4v) is 3.82. The second-order valence-corrected chi connectivity index (χ2v) is 8.38. The van der Waals surface area contributed by atoms with Gasteiger partial charge < -0.3 is 16.0 Å². The predicted octanol–water partition coefficient (Wildman–Crippen LogP) is 2.16. The van der Waals surface area contributed by atoms with Crippen LogP contribution in [-0.2, 0) is 9.84 Å². The van der Waals surface area contributed by atoms with Crippen LogP contribution in [0.1, 0.15) is 24.1 Å². The molecule has 6 nitrogen and oxygen atoms in total. The third kappa shape index (κ3) is 4.05. The first kappa shape index (κ1) is 18.4. The highest BCUT2D eigenvalue weighted by Crippen LogP contribution is 2.24. The second kappa shape index (κ2) is 7.88. The molecule has 2 aromatic rings. The molecule has 0 radical (unpaired) electrons. The molecule has 0 saturated heterocycles. The van der Waals surface area contributed by atoms with E-state index >= 15 is 0 Å². The number of benzene rings is 2. The molecular weight excluding hydrogens is 348 g/mol. The molecule has 0 fully saturated rings. The monoisotopic (exact) mass is 372 g/mol. The fourth-order valence-electron chi connectivity index (χ4n) is 2.94. The third-order valence-electron chi connectivity index (χ3n) is 4.42. The molecule has 26 heavy (non-hydrogen) atoms. The molecule has 1 aliphatic heterocycles. The van der Waals surface area contributed by atoms with Gasteiger partial charge in [0.2, 0.25) is 0 Å². The normalized spacial score (nSPS) is 15.2. The first-order chi connectivity index (χ1) is 12.5. The van der Waals surface area contributed by atoms with E-state index in [2.05, 4.69) is 33.1 Å². The minimum absolute atomic E-state index is 0.00984. The number of aliphatic imine (C=N–C) groups is 1. The highest BCUT2D eigenvalue weighted by atomic mass is 32.2. The average Bonchev–Trinajstić information content (AvgIpc) is 3.17. The van der Waals surface area contributed by atoms with Crippen molar-refractivity contribution in [2.75, 3.05) is 31.2 Å². The SMILES string of the molecule is CCS(=O)(=O)c1ccc(C(NC)c2ccc(NC3=NCCN3)cc2)cc1. The van der Waals surface area contributed by atoms with Crippen molar-refractivity contribution in [2.24, 2.45) is 4.99 Å². The summed E-state index contributed by atoms with van der Waals surface area (Å²) in [6.45, 7) is 3.32. The summed E-state index contributed by atoms with van der Waals surface area (Å²) in [5.74, 6) is 0.909. The lowest BCUT2D eigenvalue weighted by atomic mass is 9.99. The number of nitrogens with one attached hydrogen (secondary N) is 3. The number of anilines is 1. The quantitative estimate of drug-likeness (QED) is 0.724. The molecule has 1 heterocycles. The van der Waals surface area contributed by atoms with Gasteiger partial charge in [0.1, 0.15) is 0 Å². The van der Waals surface area contributed by atoms with Crippen molar-refractivity contribution < 1.29 is 8.42 Å². The van der Waals surface area contributed by atoms with E-state index < -0.39 is 9.84 Å². The maximum absolute atomic E-state index is 12.0. The highest BCUT2D eigenvalue weighted by Gasteiger charge is 2.15. The van der Waals surface area contributed by atoms with Crippen LogP contribution in [0.15, 0.2) is 58.4 Å². The van der Waals surface area contributed by atoms with Gasteiger partial charge in [0, 0.05) is 12.2 Å². The fraction of sp³-hybridized carbons (Fsp3) is 0.316. The number of rotatable bonds is 6. The number of hydrogen-bond donors (Lipinski definition) is 3. The van der Waals surface area contributed by atoms with Crippen molar-refractivity contribution in [3.63, 3.8) is 0 Å². The number of sulfone groups is 1. The van der Waals surface area contributed by atoms with Crippen molar-refractivity contribution in [1.82, 2.24) is 10.6 Å². The molecule has 0 bridgehead atoms. The van der Waals surface area contributed by atoms with Crippen LogP contribution in [0.3, 0.4) is 0 Å². The number of guanidine groups is 1. The van der Waals surface area contributed by atoms with Gasteiger partial charge in [-0.15, -0.1) is 0 Å². The Morgan fingerprint density at radius 1 is 1.08 bits per heavy atom. The van der Waals surface area contributed by atoms with Crippen molar-refractivity contribution in [3.8, 4) is 0 Å². The smallest absolute Gasteiger partial charge is 0.195 e. The Bertz CT molecular complexity index is 875. The van der Waals surface area contributed by atoms with E-state index in [0.717, 1.165) is 35.9 Å². The third-order valence-corrected chi connectivity index (χ3v) is 6.17. The van der Waals surface area contributed by atoms with Crippen molar-refractivity contribution in [1.29, 1.82) is 0 Å². The zero-order chi connectivity index (χ0) is 18.6. The standard InChI is InChI=1S/C19H24N4O2S/c1-3-26(24,25)17-10-6-15(7-11-17)18(20-2)14-4-8-16(9-5-14)23-19-21-12-13-22-19/h4-11,18,20H,3,12-13H2,1-2H3,(H2,21,22,23). The van der Waals surface area contributed by atoms with Crippen LogP contribution in [0.2, 0.25) is 0 Å². The van der Waals surface area contributed by atoms with E-state index in [4.69, 9.17) is 0 Å². The first-order valence-electron chi connectivity index (χ1n) is 8.69. The van der Waals surface area contributed by atoms with Gasteiger partial charge in [-0.25, -0.2) is 8.42 Å². The second-order valence-electron chi connectivity index (χ2n) is 6.10. The minimum atomic E-state index is -3.18. The molecule has 1 unspecified atom stereocenters. The molecule has 138 valence electrons. The molecular formula is C19H24N4O2S. The van der Waals surface area contributed by atoms with Crippen molar-refractivity contribution in [3.05, 3.63) is 59.7 Å². The maximum atomic E-state index is 12.0. The highest BCUT2D eigenvalue weighted by molar-refractivity contribution is 7.91. The van der Waals surface area contributed by atoms with Gasteiger partial charge in [-0.2, -0.15) is 0 Å². The Balaban J connectivity index is 1.77. The summed E-state index contributed by atoms with van der Waals surface area (Å²) in [4.78, 5) is 4.68. The van der Waals surface area contributed by atoms with Gasteiger partial charge in [-0.3, -0.25) is 4.99 Å². The molecule has 0 aromatic heterocycles. The molecule has 0 aliphatic carbocycles. The van der Waals surface area contributed by atoms with Crippen LogP contribution in [0, 0.1) is 0 Å². The van der Waals surface area contributed by atoms with Crippen molar-refractivity contribution in [2.45, 2.75) is 17.9 Å². The van der Waals surface area contributed by atoms with Gasteiger partial charge >= 0.3 is 0 Å². The average molecular weight is 372 g/mol. The molecule has 0 saturated carbocycles. The maximum Gasteiger partial charge on any atom is 0.195 e. The summed E-state index contributed by atoms with van der Waals surface area (Å²) in [5, 5.41) is 9.72. The van der Waals surface area contributed by atoms with Crippen LogP contribution in [0.4, 0.5) is 5.69 Å². The largest absolute Gasteiger partial charge is 0.354 e. The van der Waals surface area contributed by atoms with Gasteiger partial charge in [0.25, 0.3) is 0 Å². The Hall–Kier alpha value is -2.38. The van der Waals surface area contributed by atoms with Crippen LogP contribution in [-0.4, -0.2) is 40.3 Å². The summed E-state index contributed by atoms with van der Waals surface area (Å²) >= 11 is 0. The summed E-state index contributed by atoms with van der Waals surface area (Å²) in [6.07, 6.45) is 0. The summed E-state index contributed by atoms with van der Waals surface area (Å²) in [6, 6.07) is 15.2. The zero-order valence-electron chi connectivity index (χ0n) is 15.0. The van der Waals surface area contributed by atoms with Gasteiger partial charge in [-0.1, -0.05) is 31.2 Å². The Labute approximate surface area is 154 Å². The van der Waals surface area contributed by atoms with Crippen molar-refractivity contribution >= 4 is 21.5 Å². The topological polar surface area (TPSA) is 82.6 Å². The number of hydrogen-bond acceptors (Lipinski definition) is 6. The van der Waals surface area contributed by atoms with Crippen LogP contribution >= 0.6 is 0 Å². The van der Waals surface area contributed by atoms with E-state index in [-0.39, 0.29) is 11.8 Å². The van der Waals surface area contributed by atoms with Crippen LogP contribution in [0.5, 0.6) is 0 Å². The number of nitrogens with zero attached hydrogens (tertiary/aromatic N) is 1. The lowest BCUT2D eigenvalue weighted by Crippen LogP contribution is -2.26. The van der Waals surface area contributed by atoms with Gasteiger partial charge in [0.15, 0.2) is 15.8 Å². The van der Waals surface area contributed by atoms with E-state index in [1.165, 1.54) is 0 Å². The molecule has 2 aromatic carbocycles. The molecule has 3 rings (SSSR count). The summed E-state index contributed by atoms with van der Waals surface area (Å²) in [5.41, 5.74) is 3.09. The Morgan fingerprint density at radius 3 is 2.19 bits per heavy atom. The van der Waals surface area contributed by atoms with Crippen LogP contribution < -0.4 is 16.0 Å². The van der Waals surface area contributed by atoms with E-state index in [1.807, 2.05) is 31.3 Å². The molecule has 1 aliphatic rings. The van der Waals surface area contributed by atoms with E-state index in [1.54, 1.807) is 19.1 Å². The Kier molecular flexibility index (Phi) is 5.58. The van der Waals surface area contributed by atoms with E-state index in [0.29, 0.717) is 4.90 Å². The molecule has 0 amide bonds. The lowest BCUT2D eigenvalue weighted by Gasteiger charge is -2.18. The lowest BCUT2D eigenvalue weighted by molar-refractivity contribution is 0.597. The molecule has 3 N–H and O–H groups in total. The molecule has 1 atom stereocenters. The summed E-state index contributed by atoms with van der Waals surface area (Å²) < 4.78 is 23.9. The van der Waals surface area contributed by atoms with Crippen LogP contribution in [0.25, 0.3) is 0 Å². The minimum Gasteiger partial charge on any atom is -0.354 e.